The van der Waals surface area contributed by atoms with Crippen molar-refractivity contribution in [2.24, 2.45) is 11.8 Å². The van der Waals surface area contributed by atoms with Crippen LogP contribution in [0.3, 0.4) is 0 Å². The quantitative estimate of drug-likeness (QED) is 0.200. The molecule has 3 amide bonds. The number of fused-ring (bicyclic) bond motifs is 1. The summed E-state index contributed by atoms with van der Waals surface area (Å²) in [6.45, 7) is 13.7. The minimum absolute atomic E-state index is 0.189. The van der Waals surface area contributed by atoms with E-state index in [0.717, 1.165) is 12.8 Å². The highest BCUT2D eigenvalue weighted by Crippen LogP contribution is 2.59. The lowest BCUT2D eigenvalue weighted by atomic mass is 9.70. The van der Waals surface area contributed by atoms with E-state index in [1.165, 1.54) is 4.90 Å². The topological polar surface area (TPSA) is 125 Å². The number of nitrogens with one attached hydrogen (secondary N) is 1. The summed E-state index contributed by atoms with van der Waals surface area (Å²) in [5, 5.41) is 13.3. The Hall–Kier alpha value is -3.50. The van der Waals surface area contributed by atoms with E-state index in [0.29, 0.717) is 44.3 Å². The molecule has 0 radical (unpaired) electrons. The molecule has 3 saturated heterocycles. The van der Waals surface area contributed by atoms with Crippen LogP contribution in [-0.4, -0.2) is 88.1 Å². The van der Waals surface area contributed by atoms with Gasteiger partial charge in [-0.1, -0.05) is 62.8 Å². The van der Waals surface area contributed by atoms with Crippen molar-refractivity contribution in [2.75, 3.05) is 19.7 Å². The van der Waals surface area contributed by atoms with Gasteiger partial charge in [0.1, 0.15) is 17.7 Å². The third kappa shape index (κ3) is 6.72. The molecule has 246 valence electrons. The molecule has 3 fully saturated rings. The normalized spacial score (nSPS) is 26.9. The number of hydrogen-bond acceptors (Lipinski definition) is 7. The van der Waals surface area contributed by atoms with Gasteiger partial charge in [-0.15, -0.1) is 13.2 Å². The number of ether oxygens (including phenoxy) is 2. The fraction of sp³-hybridized carbons (Fsp3) is 0.600. The number of carbonyl (C=O) groups is 4. The molecular formula is C35H49N3O7. The van der Waals surface area contributed by atoms with Crippen LogP contribution >= 0.6 is 0 Å². The molecule has 3 aliphatic rings. The maximum Gasteiger partial charge on any atom is 0.313 e. The molecule has 10 nitrogen and oxygen atoms in total. The number of hydrogen-bond donors (Lipinski definition) is 2. The van der Waals surface area contributed by atoms with Crippen molar-refractivity contribution in [3.8, 4) is 0 Å². The Balaban J connectivity index is 1.67. The van der Waals surface area contributed by atoms with Crippen LogP contribution in [0.5, 0.6) is 0 Å². The standard InChI is InChI=1S/C35H49N3O7/c1-6-10-17-27(40)36-23(5)30(24-15-13-12-14-16-24)44-34(43)28-26-18-19-35(45-26)29(28)32(41)38(25(9-4)22-39)31(35)33(42)37(20-8-3)21-11-7-2/h6,8,12-16,23,25-26,28-31,39H,1,3,7,9-11,17-22H2,2,4-5H3,(H,36,40)/t23-,25-,26-,28+,29+,30-,31-,35+/m0/s1. The molecule has 1 spiro atoms. The lowest BCUT2D eigenvalue weighted by Crippen LogP contribution is -2.58. The second kappa shape index (κ2) is 15.2. The summed E-state index contributed by atoms with van der Waals surface area (Å²) >= 11 is 0. The molecule has 0 aromatic heterocycles. The zero-order valence-corrected chi connectivity index (χ0v) is 26.9. The van der Waals surface area contributed by atoms with E-state index in [1.807, 2.05) is 44.2 Å². The van der Waals surface area contributed by atoms with Crippen molar-refractivity contribution in [1.82, 2.24) is 15.1 Å². The average molecular weight is 624 g/mol. The number of aliphatic hydroxyl groups is 1. The van der Waals surface area contributed by atoms with Crippen LogP contribution in [0.2, 0.25) is 0 Å². The number of amides is 3. The molecule has 0 aliphatic carbocycles. The fourth-order valence-corrected chi connectivity index (χ4v) is 7.35. The van der Waals surface area contributed by atoms with Crippen molar-refractivity contribution in [3.63, 3.8) is 0 Å². The summed E-state index contributed by atoms with van der Waals surface area (Å²) in [5.74, 6) is -3.26. The summed E-state index contributed by atoms with van der Waals surface area (Å²) in [4.78, 5) is 58.6. The first-order valence-corrected chi connectivity index (χ1v) is 16.3. The van der Waals surface area contributed by atoms with Crippen LogP contribution in [0.4, 0.5) is 0 Å². The molecule has 2 N–H and O–H groups in total. The summed E-state index contributed by atoms with van der Waals surface area (Å²) in [6, 6.07) is 7.05. The van der Waals surface area contributed by atoms with Crippen LogP contribution < -0.4 is 5.32 Å². The predicted molar refractivity (Wildman–Crippen MR) is 170 cm³/mol. The van der Waals surface area contributed by atoms with Gasteiger partial charge in [0.15, 0.2) is 0 Å². The number of likely N-dealkylation sites (tertiary alicyclic amines) is 1. The number of nitrogens with zero attached hydrogens (tertiary/aromatic N) is 2. The van der Waals surface area contributed by atoms with Gasteiger partial charge in [0, 0.05) is 19.5 Å². The highest BCUT2D eigenvalue weighted by atomic mass is 16.6. The minimum Gasteiger partial charge on any atom is -0.455 e. The molecule has 0 saturated carbocycles. The second-order valence-corrected chi connectivity index (χ2v) is 12.4. The van der Waals surface area contributed by atoms with Crippen LogP contribution in [0.25, 0.3) is 0 Å². The zero-order valence-electron chi connectivity index (χ0n) is 26.9. The van der Waals surface area contributed by atoms with Gasteiger partial charge in [0.25, 0.3) is 0 Å². The molecule has 1 aromatic carbocycles. The summed E-state index contributed by atoms with van der Waals surface area (Å²) in [6.07, 6.45) is 5.77. The van der Waals surface area contributed by atoms with Gasteiger partial charge in [-0.05, 0) is 44.6 Å². The summed E-state index contributed by atoms with van der Waals surface area (Å²) in [5.41, 5.74) is -0.500. The third-order valence-corrected chi connectivity index (χ3v) is 9.55. The van der Waals surface area contributed by atoms with Crippen LogP contribution in [0.15, 0.2) is 55.6 Å². The van der Waals surface area contributed by atoms with Gasteiger partial charge in [-0.2, -0.15) is 0 Å². The van der Waals surface area contributed by atoms with E-state index in [9.17, 15) is 24.3 Å². The van der Waals surface area contributed by atoms with Gasteiger partial charge in [0.05, 0.1) is 36.6 Å². The highest BCUT2D eigenvalue weighted by Gasteiger charge is 2.75. The van der Waals surface area contributed by atoms with Gasteiger partial charge in [-0.3, -0.25) is 19.2 Å². The van der Waals surface area contributed by atoms with E-state index in [4.69, 9.17) is 9.47 Å². The molecule has 45 heavy (non-hydrogen) atoms. The van der Waals surface area contributed by atoms with Gasteiger partial charge < -0.3 is 29.7 Å². The first-order chi connectivity index (χ1) is 21.7. The fourth-order valence-electron chi connectivity index (χ4n) is 7.35. The third-order valence-electron chi connectivity index (χ3n) is 9.55. The average Bonchev–Trinajstić information content (AvgIpc) is 3.69. The maximum absolute atomic E-state index is 14.4. The Morgan fingerprint density at radius 1 is 1.22 bits per heavy atom. The number of carbonyl (C=O) groups excluding carboxylic acids is 4. The summed E-state index contributed by atoms with van der Waals surface area (Å²) < 4.78 is 12.8. The Morgan fingerprint density at radius 2 is 1.96 bits per heavy atom. The molecule has 0 unspecified atom stereocenters. The zero-order chi connectivity index (χ0) is 32.7. The first-order valence-electron chi connectivity index (χ1n) is 16.3. The number of allylic oxidation sites excluding steroid dienone is 1. The monoisotopic (exact) mass is 623 g/mol. The number of rotatable bonds is 17. The van der Waals surface area contributed by atoms with E-state index in [-0.39, 0.29) is 30.7 Å². The Morgan fingerprint density at radius 3 is 2.58 bits per heavy atom. The minimum atomic E-state index is -1.20. The molecule has 8 atom stereocenters. The Kier molecular flexibility index (Phi) is 11.6. The lowest BCUT2D eigenvalue weighted by Gasteiger charge is -2.39. The predicted octanol–water partition coefficient (Wildman–Crippen LogP) is 3.70. The first kappa shape index (κ1) is 34.4. The van der Waals surface area contributed by atoms with Crippen molar-refractivity contribution in [3.05, 3.63) is 61.2 Å². The Bertz CT molecular complexity index is 1230. The Labute approximate surface area is 266 Å². The van der Waals surface area contributed by atoms with Crippen LogP contribution in [-0.2, 0) is 28.7 Å². The van der Waals surface area contributed by atoms with Crippen molar-refractivity contribution in [1.29, 1.82) is 0 Å². The lowest BCUT2D eigenvalue weighted by molar-refractivity contribution is -0.162. The number of aliphatic hydroxyl groups excluding tert-OH is 1. The SMILES string of the molecule is C=CCCC(=O)N[C@@H](C)[C@H](OC(=O)[C@@H]1[C@@H]2CC[C@]3(O2)[C@H](C(=O)N(CC=C)CCCC)N([C@@H](CC)CO)C(=O)[C@@H]13)c1ccccc1. The molecular weight excluding hydrogens is 574 g/mol. The van der Waals surface area contributed by atoms with Crippen molar-refractivity contribution < 1.29 is 33.8 Å². The van der Waals surface area contributed by atoms with E-state index in [2.05, 4.69) is 18.5 Å². The van der Waals surface area contributed by atoms with E-state index in [1.54, 1.807) is 24.0 Å². The molecule has 3 heterocycles. The molecule has 4 rings (SSSR count). The number of esters is 1. The molecule has 2 bridgehead atoms. The van der Waals surface area contributed by atoms with Crippen LogP contribution in [0.1, 0.15) is 77.4 Å². The number of benzene rings is 1. The number of unbranched alkanes of at least 4 members (excludes halogenated alkanes) is 1. The molecule has 1 aromatic rings. The second-order valence-electron chi connectivity index (χ2n) is 12.4. The van der Waals surface area contributed by atoms with E-state index >= 15 is 0 Å². The molecule has 10 heteroatoms. The smallest absolute Gasteiger partial charge is 0.313 e. The molecule has 3 aliphatic heterocycles. The van der Waals surface area contributed by atoms with Crippen molar-refractivity contribution >= 4 is 23.7 Å². The van der Waals surface area contributed by atoms with E-state index < -0.39 is 53.7 Å². The van der Waals surface area contributed by atoms with Gasteiger partial charge in [0.2, 0.25) is 17.7 Å². The highest BCUT2D eigenvalue weighted by molar-refractivity contribution is 5.98. The van der Waals surface area contributed by atoms with Crippen LogP contribution in [0, 0.1) is 11.8 Å². The maximum atomic E-state index is 14.4. The largest absolute Gasteiger partial charge is 0.455 e. The van der Waals surface area contributed by atoms with Crippen molar-refractivity contribution in [2.45, 2.75) is 102 Å². The summed E-state index contributed by atoms with van der Waals surface area (Å²) in [7, 11) is 0. The van der Waals surface area contributed by atoms with Gasteiger partial charge >= 0.3 is 5.97 Å². The van der Waals surface area contributed by atoms with Gasteiger partial charge in [-0.25, -0.2) is 0 Å².